The van der Waals surface area contributed by atoms with Gasteiger partial charge in [0.2, 0.25) is 5.91 Å². The van der Waals surface area contributed by atoms with Gasteiger partial charge in [-0.2, -0.15) is 0 Å². The lowest BCUT2D eigenvalue weighted by Gasteiger charge is -2.29. The Morgan fingerprint density at radius 3 is 2.30 bits per heavy atom. The number of rotatable bonds is 6. The van der Waals surface area contributed by atoms with Crippen molar-refractivity contribution in [1.82, 2.24) is 5.32 Å². The molecule has 1 aliphatic carbocycles. The average Bonchev–Trinajstić information content (AvgIpc) is 2.98. The van der Waals surface area contributed by atoms with Gasteiger partial charge in [-0.1, -0.05) is 25.0 Å². The first kappa shape index (κ1) is 17.4. The van der Waals surface area contributed by atoms with Crippen molar-refractivity contribution in [2.24, 2.45) is 5.41 Å². The molecule has 1 aromatic carbocycles. The minimum Gasteiger partial charge on any atom is -0.481 e. The lowest BCUT2D eigenvalue weighted by Crippen LogP contribution is -2.44. The molecule has 23 heavy (non-hydrogen) atoms. The number of amides is 1. The molecule has 0 saturated heterocycles. The first-order chi connectivity index (χ1) is 10.8. The highest BCUT2D eigenvalue weighted by Crippen LogP contribution is 2.41. The van der Waals surface area contributed by atoms with Gasteiger partial charge in [-0.05, 0) is 50.8 Å². The molecular formula is C18H24FNO3. The number of nitrogens with one attached hydrogen (secondary N) is 1. The Balaban J connectivity index is 2.08. The summed E-state index contributed by atoms with van der Waals surface area (Å²) in [6.07, 6.45) is 3.78. The molecule has 1 aliphatic rings. The Hall–Kier alpha value is -1.91. The van der Waals surface area contributed by atoms with E-state index in [0.717, 1.165) is 31.2 Å². The molecule has 0 spiro atoms. The lowest BCUT2D eigenvalue weighted by atomic mass is 9.78. The summed E-state index contributed by atoms with van der Waals surface area (Å²) in [6, 6.07) is 6.13. The number of hydrogen-bond donors (Lipinski definition) is 2. The number of carbonyl (C=O) groups is 2. The predicted molar refractivity (Wildman–Crippen MR) is 85.6 cm³/mol. The van der Waals surface area contributed by atoms with Crippen LogP contribution in [0.5, 0.6) is 0 Å². The zero-order chi connectivity index (χ0) is 17.1. The second kappa shape index (κ2) is 6.69. The van der Waals surface area contributed by atoms with Gasteiger partial charge in [0.05, 0.1) is 10.8 Å². The lowest BCUT2D eigenvalue weighted by molar-refractivity contribution is -0.147. The Morgan fingerprint density at radius 1 is 1.22 bits per heavy atom. The van der Waals surface area contributed by atoms with Crippen LogP contribution in [0.3, 0.4) is 0 Å². The van der Waals surface area contributed by atoms with E-state index < -0.39 is 16.8 Å². The van der Waals surface area contributed by atoms with Crippen LogP contribution in [0.4, 0.5) is 4.39 Å². The summed E-state index contributed by atoms with van der Waals surface area (Å²) in [5.41, 5.74) is -0.640. The highest BCUT2D eigenvalue weighted by Gasteiger charge is 2.42. The molecule has 0 aliphatic heterocycles. The zero-order valence-corrected chi connectivity index (χ0v) is 13.7. The Labute approximate surface area is 136 Å². The van der Waals surface area contributed by atoms with E-state index >= 15 is 0 Å². The molecule has 0 unspecified atom stereocenters. The molecule has 2 N–H and O–H groups in total. The highest BCUT2D eigenvalue weighted by molar-refractivity contribution is 5.88. The smallest absolute Gasteiger partial charge is 0.309 e. The summed E-state index contributed by atoms with van der Waals surface area (Å²) in [4.78, 5) is 23.9. The maximum absolute atomic E-state index is 13.2. The molecule has 0 heterocycles. The monoisotopic (exact) mass is 321 g/mol. The molecule has 1 fully saturated rings. The van der Waals surface area contributed by atoms with Gasteiger partial charge >= 0.3 is 5.97 Å². The molecule has 4 nitrogen and oxygen atoms in total. The van der Waals surface area contributed by atoms with E-state index in [2.05, 4.69) is 5.32 Å². The summed E-state index contributed by atoms with van der Waals surface area (Å²) < 4.78 is 13.2. The number of aliphatic carboxylic acids is 1. The van der Waals surface area contributed by atoms with Gasteiger partial charge in [0, 0.05) is 6.54 Å². The van der Waals surface area contributed by atoms with Crippen molar-refractivity contribution in [3.8, 4) is 0 Å². The van der Waals surface area contributed by atoms with Crippen LogP contribution in [0, 0.1) is 11.2 Å². The number of carbonyl (C=O) groups excluding carboxylic acids is 1. The van der Waals surface area contributed by atoms with Crippen LogP contribution in [0.1, 0.15) is 51.5 Å². The van der Waals surface area contributed by atoms with Gasteiger partial charge in [0.25, 0.3) is 0 Å². The van der Waals surface area contributed by atoms with Crippen LogP contribution in [0.2, 0.25) is 0 Å². The fourth-order valence-corrected chi connectivity index (χ4v) is 3.16. The third kappa shape index (κ3) is 3.71. The maximum atomic E-state index is 13.2. The molecule has 0 atom stereocenters. The van der Waals surface area contributed by atoms with Crippen LogP contribution in [0.15, 0.2) is 24.3 Å². The minimum absolute atomic E-state index is 0.0807. The van der Waals surface area contributed by atoms with Gasteiger partial charge in [0.1, 0.15) is 5.82 Å². The van der Waals surface area contributed by atoms with Crippen molar-refractivity contribution in [2.45, 2.75) is 51.4 Å². The Bertz CT molecular complexity index is 574. The molecule has 0 radical (unpaired) electrons. The normalized spacial score (nSPS) is 17.0. The van der Waals surface area contributed by atoms with Gasteiger partial charge in [0.15, 0.2) is 0 Å². The topological polar surface area (TPSA) is 66.4 Å². The van der Waals surface area contributed by atoms with Crippen molar-refractivity contribution >= 4 is 11.9 Å². The molecule has 1 amide bonds. The van der Waals surface area contributed by atoms with E-state index in [4.69, 9.17) is 5.11 Å². The van der Waals surface area contributed by atoms with E-state index in [1.165, 1.54) is 12.1 Å². The Kier molecular flexibility index (Phi) is 5.07. The first-order valence-electron chi connectivity index (χ1n) is 8.06. The van der Waals surface area contributed by atoms with Gasteiger partial charge in [-0.15, -0.1) is 0 Å². The number of hydrogen-bond acceptors (Lipinski definition) is 2. The molecule has 0 bridgehead atoms. The molecule has 2 rings (SSSR count). The number of carboxylic acid groups (broad SMARTS) is 1. The number of carboxylic acids is 1. The van der Waals surface area contributed by atoms with Gasteiger partial charge in [-0.3, -0.25) is 9.59 Å². The third-order valence-corrected chi connectivity index (χ3v) is 4.90. The molecule has 1 aromatic rings. The zero-order valence-electron chi connectivity index (χ0n) is 13.7. The van der Waals surface area contributed by atoms with Crippen molar-refractivity contribution < 1.29 is 19.1 Å². The SMILES string of the molecule is CC(C)(CCNC(=O)C1(c2ccc(F)cc2)CCCC1)C(=O)O. The highest BCUT2D eigenvalue weighted by atomic mass is 19.1. The van der Waals surface area contributed by atoms with E-state index in [0.29, 0.717) is 13.0 Å². The van der Waals surface area contributed by atoms with Crippen LogP contribution in [-0.4, -0.2) is 23.5 Å². The summed E-state index contributed by atoms with van der Waals surface area (Å²) in [5, 5.41) is 12.0. The quantitative estimate of drug-likeness (QED) is 0.845. The molecule has 0 aromatic heterocycles. The molecule has 5 heteroatoms. The summed E-state index contributed by atoms with van der Waals surface area (Å²) >= 11 is 0. The van der Waals surface area contributed by atoms with E-state index in [1.54, 1.807) is 26.0 Å². The maximum Gasteiger partial charge on any atom is 0.309 e. The first-order valence-corrected chi connectivity index (χ1v) is 8.06. The molecule has 126 valence electrons. The average molecular weight is 321 g/mol. The van der Waals surface area contributed by atoms with Gasteiger partial charge < -0.3 is 10.4 Å². The van der Waals surface area contributed by atoms with Crippen molar-refractivity contribution in [3.63, 3.8) is 0 Å². The van der Waals surface area contributed by atoms with Crippen LogP contribution in [-0.2, 0) is 15.0 Å². The minimum atomic E-state index is -0.874. The number of halogens is 1. The van der Waals surface area contributed by atoms with E-state index in [9.17, 15) is 14.0 Å². The number of benzene rings is 1. The summed E-state index contributed by atoms with van der Waals surface area (Å²) in [5.74, 6) is -1.27. The fourth-order valence-electron chi connectivity index (χ4n) is 3.16. The Morgan fingerprint density at radius 2 is 1.78 bits per heavy atom. The van der Waals surface area contributed by atoms with Crippen molar-refractivity contribution in [2.75, 3.05) is 6.54 Å². The van der Waals surface area contributed by atoms with Gasteiger partial charge in [-0.25, -0.2) is 4.39 Å². The van der Waals surface area contributed by atoms with Crippen LogP contribution < -0.4 is 5.32 Å². The molecule has 1 saturated carbocycles. The van der Waals surface area contributed by atoms with Crippen molar-refractivity contribution in [1.29, 1.82) is 0 Å². The van der Waals surface area contributed by atoms with Crippen LogP contribution >= 0.6 is 0 Å². The third-order valence-electron chi connectivity index (χ3n) is 4.90. The van der Waals surface area contributed by atoms with E-state index in [-0.39, 0.29) is 11.7 Å². The second-order valence-corrected chi connectivity index (χ2v) is 6.99. The largest absolute Gasteiger partial charge is 0.481 e. The standard InChI is InChI=1S/C18H24FNO3/c1-17(2,16(22)23)11-12-20-15(21)18(9-3-4-10-18)13-5-7-14(19)8-6-13/h5-8H,3-4,9-12H2,1-2H3,(H,20,21)(H,22,23). The van der Waals surface area contributed by atoms with Crippen molar-refractivity contribution in [3.05, 3.63) is 35.6 Å². The summed E-state index contributed by atoms with van der Waals surface area (Å²) in [6.45, 7) is 3.61. The predicted octanol–water partition coefficient (Wildman–Crippen LogP) is 3.25. The summed E-state index contributed by atoms with van der Waals surface area (Å²) in [7, 11) is 0. The second-order valence-electron chi connectivity index (χ2n) is 6.99. The van der Waals surface area contributed by atoms with E-state index in [1.807, 2.05) is 0 Å². The fraction of sp³-hybridized carbons (Fsp3) is 0.556. The van der Waals surface area contributed by atoms with Crippen LogP contribution in [0.25, 0.3) is 0 Å². The molecular weight excluding hydrogens is 297 g/mol.